The Hall–Kier alpha value is -1.14. The van der Waals surface area contributed by atoms with Crippen LogP contribution in [0.2, 0.25) is 5.02 Å². The van der Waals surface area contributed by atoms with Crippen LogP contribution in [0.4, 0.5) is 4.39 Å². The quantitative estimate of drug-likeness (QED) is 0.922. The molecule has 1 heterocycles. The molecule has 2 rings (SSSR count). The maximum absolute atomic E-state index is 13.5. The van der Waals surface area contributed by atoms with Gasteiger partial charge >= 0.3 is 0 Å². The standard InChI is InChI=1S/C13H15ClFNO3S/c14-11-2-1-3-12(15)10(11)8-13(17)16-9-4-6-20(18,19)7-5-9/h1-3,9H,4-8H2,(H,16,17). The van der Waals surface area contributed by atoms with Crippen molar-refractivity contribution < 1.29 is 17.6 Å². The predicted molar refractivity (Wildman–Crippen MR) is 74.9 cm³/mol. The van der Waals surface area contributed by atoms with Gasteiger partial charge in [-0.1, -0.05) is 17.7 Å². The molecule has 1 N–H and O–H groups in total. The Morgan fingerprint density at radius 2 is 2.00 bits per heavy atom. The molecule has 0 radical (unpaired) electrons. The van der Waals surface area contributed by atoms with E-state index in [0.717, 1.165) is 0 Å². The average Bonchev–Trinajstić information content (AvgIpc) is 2.37. The zero-order valence-electron chi connectivity index (χ0n) is 10.7. The van der Waals surface area contributed by atoms with Gasteiger partial charge in [-0.15, -0.1) is 0 Å². The van der Waals surface area contributed by atoms with Gasteiger partial charge in [-0.05, 0) is 25.0 Å². The van der Waals surface area contributed by atoms with E-state index >= 15 is 0 Å². The zero-order chi connectivity index (χ0) is 14.8. The van der Waals surface area contributed by atoms with E-state index in [9.17, 15) is 17.6 Å². The van der Waals surface area contributed by atoms with E-state index in [0.29, 0.717) is 12.8 Å². The second-order valence-electron chi connectivity index (χ2n) is 4.87. The third-order valence-corrected chi connectivity index (χ3v) is 5.39. The third kappa shape index (κ3) is 3.93. The maximum atomic E-state index is 13.5. The van der Waals surface area contributed by atoms with Crippen LogP contribution in [0, 0.1) is 5.82 Å². The minimum Gasteiger partial charge on any atom is -0.353 e. The summed E-state index contributed by atoms with van der Waals surface area (Å²) in [5, 5.41) is 2.95. The fraction of sp³-hybridized carbons (Fsp3) is 0.462. The van der Waals surface area contributed by atoms with Crippen molar-refractivity contribution in [2.75, 3.05) is 11.5 Å². The summed E-state index contributed by atoms with van der Waals surface area (Å²) in [7, 11) is -2.96. The Kier molecular flexibility index (Phi) is 4.65. The predicted octanol–water partition coefficient (Wildman–Crippen LogP) is 1.71. The largest absolute Gasteiger partial charge is 0.353 e. The molecule has 1 amide bonds. The summed E-state index contributed by atoms with van der Waals surface area (Å²) in [4.78, 5) is 11.9. The van der Waals surface area contributed by atoms with E-state index in [-0.39, 0.29) is 40.5 Å². The molecule has 1 saturated heterocycles. The number of hydrogen-bond acceptors (Lipinski definition) is 3. The van der Waals surface area contributed by atoms with Gasteiger partial charge < -0.3 is 5.32 Å². The normalized spacial score (nSPS) is 18.7. The maximum Gasteiger partial charge on any atom is 0.224 e. The van der Waals surface area contributed by atoms with E-state index < -0.39 is 15.7 Å². The second kappa shape index (κ2) is 6.10. The molecule has 0 spiro atoms. The number of carbonyl (C=O) groups excluding carboxylic acids is 1. The van der Waals surface area contributed by atoms with Crippen molar-refractivity contribution >= 4 is 27.3 Å². The molecule has 1 aromatic carbocycles. The van der Waals surface area contributed by atoms with Crippen molar-refractivity contribution in [1.82, 2.24) is 5.32 Å². The summed E-state index contributed by atoms with van der Waals surface area (Å²) in [6, 6.07) is 4.09. The molecule has 20 heavy (non-hydrogen) atoms. The summed E-state index contributed by atoms with van der Waals surface area (Å²) in [6.07, 6.45) is 0.660. The molecule has 1 aliphatic heterocycles. The van der Waals surface area contributed by atoms with E-state index in [4.69, 9.17) is 11.6 Å². The topological polar surface area (TPSA) is 63.2 Å². The first kappa shape index (κ1) is 15.3. The van der Waals surface area contributed by atoms with Crippen LogP contribution in [0.3, 0.4) is 0 Å². The summed E-state index contributed by atoms with van der Waals surface area (Å²) >= 11 is 5.85. The van der Waals surface area contributed by atoms with E-state index in [1.54, 1.807) is 0 Å². The molecule has 0 aromatic heterocycles. The number of carbonyl (C=O) groups is 1. The summed E-state index contributed by atoms with van der Waals surface area (Å²) in [6.45, 7) is 0. The van der Waals surface area contributed by atoms with Crippen LogP contribution in [-0.2, 0) is 21.1 Å². The van der Waals surface area contributed by atoms with Crippen molar-refractivity contribution in [3.8, 4) is 0 Å². The van der Waals surface area contributed by atoms with Crippen LogP contribution in [0.5, 0.6) is 0 Å². The molecule has 7 heteroatoms. The number of nitrogens with one attached hydrogen (secondary N) is 1. The van der Waals surface area contributed by atoms with Crippen molar-refractivity contribution in [3.05, 3.63) is 34.6 Å². The van der Waals surface area contributed by atoms with Gasteiger partial charge in [0.25, 0.3) is 0 Å². The molecule has 110 valence electrons. The Balaban J connectivity index is 1.93. The molecule has 0 bridgehead atoms. The van der Waals surface area contributed by atoms with Crippen LogP contribution in [-0.4, -0.2) is 31.9 Å². The molecule has 4 nitrogen and oxygen atoms in total. The van der Waals surface area contributed by atoms with Crippen molar-refractivity contribution in [3.63, 3.8) is 0 Å². The third-order valence-electron chi connectivity index (χ3n) is 3.32. The average molecular weight is 320 g/mol. The molecule has 0 atom stereocenters. The lowest BCUT2D eigenvalue weighted by Crippen LogP contribution is -2.41. The minimum absolute atomic E-state index is 0.0817. The first-order valence-electron chi connectivity index (χ1n) is 6.30. The number of rotatable bonds is 3. The van der Waals surface area contributed by atoms with Gasteiger partial charge in [0.15, 0.2) is 0 Å². The highest BCUT2D eigenvalue weighted by atomic mass is 35.5. The zero-order valence-corrected chi connectivity index (χ0v) is 12.3. The van der Waals surface area contributed by atoms with Crippen LogP contribution >= 0.6 is 11.6 Å². The monoisotopic (exact) mass is 319 g/mol. The lowest BCUT2D eigenvalue weighted by molar-refractivity contribution is -0.121. The number of sulfone groups is 1. The fourth-order valence-electron chi connectivity index (χ4n) is 2.17. The molecule has 1 fully saturated rings. The van der Waals surface area contributed by atoms with Gasteiger partial charge in [0, 0.05) is 16.6 Å². The van der Waals surface area contributed by atoms with Crippen LogP contribution < -0.4 is 5.32 Å². The first-order chi connectivity index (χ1) is 9.37. The van der Waals surface area contributed by atoms with Gasteiger partial charge in [0.2, 0.25) is 5.91 Å². The highest BCUT2D eigenvalue weighted by molar-refractivity contribution is 7.91. The number of amides is 1. The molecule has 1 aliphatic rings. The van der Waals surface area contributed by atoms with Gasteiger partial charge in [-0.2, -0.15) is 0 Å². The minimum atomic E-state index is -2.96. The molecular formula is C13H15ClFNO3S. The lowest BCUT2D eigenvalue weighted by atomic mass is 10.1. The summed E-state index contributed by atoms with van der Waals surface area (Å²) < 4.78 is 36.1. The van der Waals surface area contributed by atoms with Crippen molar-refractivity contribution in [2.24, 2.45) is 0 Å². The first-order valence-corrected chi connectivity index (χ1v) is 8.50. The smallest absolute Gasteiger partial charge is 0.224 e. The molecule has 0 unspecified atom stereocenters. The summed E-state index contributed by atoms with van der Waals surface area (Å²) in [5.41, 5.74) is 0.162. The Morgan fingerprint density at radius 3 is 2.60 bits per heavy atom. The molecule has 1 aromatic rings. The Morgan fingerprint density at radius 1 is 1.35 bits per heavy atom. The highest BCUT2D eigenvalue weighted by Crippen LogP contribution is 2.20. The van der Waals surface area contributed by atoms with Gasteiger partial charge in [0.1, 0.15) is 15.7 Å². The SMILES string of the molecule is O=C(Cc1c(F)cccc1Cl)NC1CCS(=O)(=O)CC1. The number of hydrogen-bond donors (Lipinski definition) is 1. The van der Waals surface area contributed by atoms with Crippen molar-refractivity contribution in [2.45, 2.75) is 25.3 Å². The summed E-state index contributed by atoms with van der Waals surface area (Å²) in [5.74, 6) is -0.697. The Labute approximate surface area is 122 Å². The molecule has 0 saturated carbocycles. The highest BCUT2D eigenvalue weighted by Gasteiger charge is 2.25. The van der Waals surface area contributed by atoms with E-state index in [1.165, 1.54) is 18.2 Å². The van der Waals surface area contributed by atoms with Gasteiger partial charge in [-0.25, -0.2) is 12.8 Å². The van der Waals surface area contributed by atoms with Crippen LogP contribution in [0.25, 0.3) is 0 Å². The van der Waals surface area contributed by atoms with Crippen LogP contribution in [0.15, 0.2) is 18.2 Å². The number of halogens is 2. The van der Waals surface area contributed by atoms with Gasteiger partial charge in [0.05, 0.1) is 17.9 Å². The van der Waals surface area contributed by atoms with E-state index in [1.807, 2.05) is 0 Å². The van der Waals surface area contributed by atoms with Gasteiger partial charge in [-0.3, -0.25) is 4.79 Å². The molecular weight excluding hydrogens is 305 g/mol. The molecule has 0 aliphatic carbocycles. The Bertz CT molecular complexity index is 584. The second-order valence-corrected chi connectivity index (χ2v) is 7.58. The van der Waals surface area contributed by atoms with Crippen LogP contribution in [0.1, 0.15) is 18.4 Å². The fourth-order valence-corrected chi connectivity index (χ4v) is 3.90. The van der Waals surface area contributed by atoms with Crippen molar-refractivity contribution in [1.29, 1.82) is 0 Å². The lowest BCUT2D eigenvalue weighted by Gasteiger charge is -2.23. The van der Waals surface area contributed by atoms with E-state index in [2.05, 4.69) is 5.32 Å². The number of benzene rings is 1.